The van der Waals surface area contributed by atoms with Crippen molar-refractivity contribution in [1.29, 1.82) is 0 Å². The Morgan fingerprint density at radius 2 is 1.77 bits per heavy atom. The van der Waals surface area contributed by atoms with Crippen molar-refractivity contribution < 1.29 is 14.3 Å². The van der Waals surface area contributed by atoms with Crippen LogP contribution in [-0.4, -0.2) is 24.3 Å². The number of carbonyl (C=O) groups excluding carboxylic acids is 2. The summed E-state index contributed by atoms with van der Waals surface area (Å²) in [6.45, 7) is 13.7. The van der Waals surface area contributed by atoms with Gasteiger partial charge < -0.3 is 4.74 Å². The van der Waals surface area contributed by atoms with Crippen molar-refractivity contribution in [3.8, 4) is 0 Å². The minimum atomic E-state index is -0.599. The second-order valence-electron chi connectivity index (χ2n) is 12.7. The van der Waals surface area contributed by atoms with Crippen LogP contribution in [0, 0.1) is 45.3 Å². The molecule has 0 bridgehead atoms. The maximum atomic E-state index is 13.2. The van der Waals surface area contributed by atoms with Crippen LogP contribution >= 0.6 is 0 Å². The van der Waals surface area contributed by atoms with Gasteiger partial charge in [0.1, 0.15) is 5.60 Å². The Kier molecular flexibility index (Phi) is 4.10. The van der Waals surface area contributed by atoms with E-state index in [-0.39, 0.29) is 21.7 Å². The van der Waals surface area contributed by atoms with Gasteiger partial charge >= 0.3 is 0 Å². The van der Waals surface area contributed by atoms with Crippen molar-refractivity contribution in [2.45, 2.75) is 92.1 Å². The molecule has 5 aliphatic rings. The minimum absolute atomic E-state index is 0.0553. The zero-order valence-electron chi connectivity index (χ0n) is 20.1. The first-order valence-corrected chi connectivity index (χ1v) is 12.3. The summed E-state index contributed by atoms with van der Waals surface area (Å²) in [6.07, 6.45) is 9.03. The van der Waals surface area contributed by atoms with Gasteiger partial charge in [-0.15, -0.1) is 0 Å². The molecule has 0 N–H and O–H groups in total. The SMILES string of the molecule is CCC(=O)C1(OC)CCC2C3CC(C)(C)C4=CC(=O)C5(C)CC5(C)C4C3CC[C@@]21C. The number of hydrogen-bond acceptors (Lipinski definition) is 3. The summed E-state index contributed by atoms with van der Waals surface area (Å²) in [7, 11) is 1.77. The van der Waals surface area contributed by atoms with Gasteiger partial charge in [0.2, 0.25) is 0 Å². The lowest BCUT2D eigenvalue weighted by atomic mass is 9.44. The van der Waals surface area contributed by atoms with Gasteiger partial charge in [-0.3, -0.25) is 9.59 Å². The number of rotatable bonds is 3. The quantitative estimate of drug-likeness (QED) is 0.591. The maximum Gasteiger partial charge on any atom is 0.164 e. The summed E-state index contributed by atoms with van der Waals surface area (Å²) < 4.78 is 6.14. The lowest BCUT2D eigenvalue weighted by Gasteiger charge is -2.60. The van der Waals surface area contributed by atoms with Crippen LogP contribution in [0.2, 0.25) is 0 Å². The second kappa shape index (κ2) is 5.88. The molecule has 0 aromatic carbocycles. The van der Waals surface area contributed by atoms with Gasteiger partial charge in [-0.2, -0.15) is 0 Å². The Labute approximate surface area is 182 Å². The monoisotopic (exact) mass is 412 g/mol. The van der Waals surface area contributed by atoms with E-state index in [1.54, 1.807) is 7.11 Å². The highest BCUT2D eigenvalue weighted by Gasteiger charge is 2.75. The van der Waals surface area contributed by atoms with Crippen molar-refractivity contribution in [3.05, 3.63) is 11.6 Å². The molecule has 0 heterocycles. The van der Waals surface area contributed by atoms with Crippen LogP contribution in [0.25, 0.3) is 0 Å². The molecule has 0 aromatic rings. The van der Waals surface area contributed by atoms with E-state index in [0.717, 1.165) is 38.5 Å². The molecule has 7 unspecified atom stereocenters. The molecule has 3 heteroatoms. The minimum Gasteiger partial charge on any atom is -0.370 e. The fourth-order valence-corrected chi connectivity index (χ4v) is 9.49. The Bertz CT molecular complexity index is 854. The lowest BCUT2D eigenvalue weighted by molar-refractivity contribution is -0.170. The van der Waals surface area contributed by atoms with Crippen LogP contribution in [0.5, 0.6) is 0 Å². The maximum absolute atomic E-state index is 13.2. The summed E-state index contributed by atoms with van der Waals surface area (Å²) in [5.41, 5.74) is 0.808. The van der Waals surface area contributed by atoms with E-state index in [4.69, 9.17) is 4.74 Å². The van der Waals surface area contributed by atoms with Gasteiger partial charge in [0.25, 0.3) is 0 Å². The molecule has 30 heavy (non-hydrogen) atoms. The summed E-state index contributed by atoms with van der Waals surface area (Å²) in [5, 5.41) is 0. The van der Waals surface area contributed by atoms with E-state index >= 15 is 0 Å². The fourth-order valence-electron chi connectivity index (χ4n) is 9.49. The van der Waals surface area contributed by atoms with E-state index < -0.39 is 5.60 Å². The summed E-state index contributed by atoms with van der Waals surface area (Å²) >= 11 is 0. The predicted octanol–water partition coefficient (Wildman–Crippen LogP) is 5.76. The van der Waals surface area contributed by atoms with Gasteiger partial charge in [-0.05, 0) is 79.1 Å². The Hall–Kier alpha value is -0.960. The van der Waals surface area contributed by atoms with Crippen molar-refractivity contribution >= 4 is 11.6 Å². The summed E-state index contributed by atoms with van der Waals surface area (Å²) in [6, 6.07) is 0. The third-order valence-corrected chi connectivity index (χ3v) is 11.4. The number of Topliss-reactive ketones (excluding diaryl/α,β-unsaturated/α-hetero) is 1. The van der Waals surface area contributed by atoms with Crippen LogP contribution in [0.15, 0.2) is 11.6 Å². The van der Waals surface area contributed by atoms with Crippen molar-refractivity contribution in [1.82, 2.24) is 0 Å². The van der Waals surface area contributed by atoms with Crippen molar-refractivity contribution in [2.75, 3.05) is 7.11 Å². The zero-order chi connectivity index (χ0) is 21.9. The summed E-state index contributed by atoms with van der Waals surface area (Å²) in [4.78, 5) is 26.2. The third kappa shape index (κ3) is 2.12. The summed E-state index contributed by atoms with van der Waals surface area (Å²) in [5.74, 6) is 3.01. The van der Waals surface area contributed by atoms with Crippen LogP contribution in [0.3, 0.4) is 0 Å². The number of fused-ring (bicyclic) bond motifs is 7. The topological polar surface area (TPSA) is 43.4 Å². The molecule has 5 rings (SSSR count). The van der Waals surface area contributed by atoms with E-state index in [9.17, 15) is 9.59 Å². The highest BCUT2D eigenvalue weighted by atomic mass is 16.5. The predicted molar refractivity (Wildman–Crippen MR) is 118 cm³/mol. The molecule has 0 radical (unpaired) electrons. The molecular weight excluding hydrogens is 372 g/mol. The molecule has 4 saturated carbocycles. The Balaban J connectivity index is 1.58. The molecule has 0 aromatic heterocycles. The number of ketones is 2. The van der Waals surface area contributed by atoms with Crippen LogP contribution in [0.4, 0.5) is 0 Å². The van der Waals surface area contributed by atoms with E-state index in [0.29, 0.717) is 41.7 Å². The average Bonchev–Trinajstić information content (AvgIpc) is 3.14. The number of carbonyl (C=O) groups is 2. The van der Waals surface area contributed by atoms with Crippen molar-refractivity contribution in [3.63, 3.8) is 0 Å². The number of ether oxygens (including phenoxy) is 1. The molecule has 166 valence electrons. The highest BCUT2D eigenvalue weighted by Crippen LogP contribution is 2.78. The van der Waals surface area contributed by atoms with Gasteiger partial charge in [-0.1, -0.05) is 47.1 Å². The molecular formula is C27H40O3. The molecule has 8 atom stereocenters. The first-order valence-electron chi connectivity index (χ1n) is 12.3. The number of hydrogen-bond donors (Lipinski definition) is 0. The first-order chi connectivity index (χ1) is 13.9. The third-order valence-electron chi connectivity index (χ3n) is 11.4. The van der Waals surface area contributed by atoms with Gasteiger partial charge in [-0.25, -0.2) is 0 Å². The van der Waals surface area contributed by atoms with Gasteiger partial charge in [0, 0.05) is 24.4 Å². The van der Waals surface area contributed by atoms with Gasteiger partial charge in [0.05, 0.1) is 0 Å². The van der Waals surface area contributed by atoms with Crippen LogP contribution in [0.1, 0.15) is 86.5 Å². The molecule has 0 saturated heterocycles. The normalized spacial score (nSPS) is 53.2. The van der Waals surface area contributed by atoms with Crippen molar-refractivity contribution in [2.24, 2.45) is 45.3 Å². The fraction of sp³-hybridized carbons (Fsp3) is 0.852. The highest BCUT2D eigenvalue weighted by molar-refractivity contribution is 6.00. The molecule has 0 spiro atoms. The molecule has 0 aliphatic heterocycles. The molecule has 4 fully saturated rings. The largest absolute Gasteiger partial charge is 0.370 e. The van der Waals surface area contributed by atoms with E-state index in [2.05, 4.69) is 40.7 Å². The van der Waals surface area contributed by atoms with Crippen LogP contribution < -0.4 is 0 Å². The van der Waals surface area contributed by atoms with E-state index in [1.165, 1.54) is 5.57 Å². The Morgan fingerprint density at radius 3 is 2.40 bits per heavy atom. The van der Waals surface area contributed by atoms with E-state index in [1.807, 2.05) is 6.92 Å². The molecule has 0 amide bonds. The zero-order valence-corrected chi connectivity index (χ0v) is 20.1. The Morgan fingerprint density at radius 1 is 1.07 bits per heavy atom. The second-order valence-corrected chi connectivity index (χ2v) is 12.7. The lowest BCUT2D eigenvalue weighted by Crippen LogP contribution is -2.59. The molecule has 5 aliphatic carbocycles. The smallest absolute Gasteiger partial charge is 0.164 e. The number of methoxy groups -OCH3 is 1. The number of allylic oxidation sites excluding steroid dienone is 1. The average molecular weight is 413 g/mol. The van der Waals surface area contributed by atoms with Gasteiger partial charge in [0.15, 0.2) is 11.6 Å². The van der Waals surface area contributed by atoms with Crippen LogP contribution in [-0.2, 0) is 14.3 Å². The first kappa shape index (κ1) is 20.9. The molecule has 3 nitrogen and oxygen atoms in total. The standard InChI is InChI=1S/C27H40O3/c1-8-20(28)27(30-7)12-10-18-17-14-23(2,3)19-13-21(29)25(5)15-26(25,6)22(19)16(17)9-11-24(18,27)4/h13,16-18,22H,8-12,14-15H2,1-7H3/t16?,17?,18?,22?,24-,25?,26?,27?/m0/s1.